The van der Waals surface area contributed by atoms with E-state index in [-0.39, 0.29) is 0 Å². The maximum atomic E-state index is 11.0. The minimum Gasteiger partial charge on any atom is -0.351 e. The lowest BCUT2D eigenvalue weighted by atomic mass is 10.4. The van der Waals surface area contributed by atoms with Crippen molar-refractivity contribution >= 4 is 17.6 Å². The third-order valence-corrected chi connectivity index (χ3v) is 1.44. The normalized spacial score (nSPS) is 9.31. The van der Waals surface area contributed by atoms with Gasteiger partial charge in [-0.15, -0.1) is 0 Å². The molecule has 0 aromatic carbocycles. The van der Waals surface area contributed by atoms with Gasteiger partial charge in [0.25, 0.3) is 0 Å². The van der Waals surface area contributed by atoms with Gasteiger partial charge in [-0.3, -0.25) is 9.78 Å². The number of hydrogen-bond acceptors (Lipinski definition) is 3. The Balaban J connectivity index is 3.03. The van der Waals surface area contributed by atoms with Crippen LogP contribution in [-0.2, 0) is 4.79 Å². The second kappa shape index (κ2) is 3.66. The summed E-state index contributed by atoms with van der Waals surface area (Å²) in [6, 6.07) is 2.40. The fourth-order valence-corrected chi connectivity index (χ4v) is 0.950. The highest BCUT2D eigenvalue weighted by Gasteiger charge is 2.16. The molecule has 1 rings (SSSR count). The molecule has 3 amide bonds. The van der Waals surface area contributed by atoms with Gasteiger partial charge in [0.2, 0.25) is 5.91 Å². The van der Waals surface area contributed by atoms with E-state index in [0.717, 1.165) is 4.90 Å². The van der Waals surface area contributed by atoms with Gasteiger partial charge < -0.3 is 5.73 Å². The lowest BCUT2D eigenvalue weighted by molar-refractivity contribution is -0.115. The summed E-state index contributed by atoms with van der Waals surface area (Å²) in [4.78, 5) is 26.4. The van der Waals surface area contributed by atoms with Gasteiger partial charge in [0.1, 0.15) is 0 Å². The maximum Gasteiger partial charge on any atom is 0.326 e. The van der Waals surface area contributed by atoms with Gasteiger partial charge in [0.05, 0.1) is 11.9 Å². The SMILES string of the molecule is CC(=O)N(C(N)=O)c1cccnc1. The molecular formula is C8H9N3O2. The summed E-state index contributed by atoms with van der Waals surface area (Å²) in [5, 5.41) is 0. The van der Waals surface area contributed by atoms with Crippen molar-refractivity contribution in [2.24, 2.45) is 5.73 Å². The Morgan fingerprint density at radius 1 is 1.54 bits per heavy atom. The predicted octanol–water partition coefficient (Wildman–Crippen LogP) is 0.513. The van der Waals surface area contributed by atoms with Crippen LogP contribution in [0.25, 0.3) is 0 Å². The van der Waals surface area contributed by atoms with E-state index in [1.165, 1.54) is 13.1 Å². The molecule has 0 aliphatic rings. The van der Waals surface area contributed by atoms with Crippen LogP contribution in [0.5, 0.6) is 0 Å². The van der Waals surface area contributed by atoms with E-state index < -0.39 is 11.9 Å². The number of pyridine rings is 1. The Kier molecular flexibility index (Phi) is 2.59. The van der Waals surface area contributed by atoms with Crippen LogP contribution in [0.4, 0.5) is 10.5 Å². The summed E-state index contributed by atoms with van der Waals surface area (Å²) in [5.41, 5.74) is 5.39. The van der Waals surface area contributed by atoms with E-state index in [0.29, 0.717) is 5.69 Å². The van der Waals surface area contributed by atoms with Crippen LogP contribution >= 0.6 is 0 Å². The number of anilines is 1. The van der Waals surface area contributed by atoms with Gasteiger partial charge in [-0.05, 0) is 12.1 Å². The zero-order chi connectivity index (χ0) is 9.84. The van der Waals surface area contributed by atoms with E-state index in [4.69, 9.17) is 5.73 Å². The number of amides is 3. The second-order valence-corrected chi connectivity index (χ2v) is 2.40. The molecule has 0 spiro atoms. The molecule has 0 atom stereocenters. The van der Waals surface area contributed by atoms with Gasteiger partial charge in [0, 0.05) is 13.1 Å². The molecule has 5 nitrogen and oxygen atoms in total. The summed E-state index contributed by atoms with van der Waals surface area (Å²) in [5.74, 6) is -0.430. The third kappa shape index (κ3) is 2.02. The number of imide groups is 1. The van der Waals surface area contributed by atoms with Gasteiger partial charge in [0.15, 0.2) is 0 Å². The largest absolute Gasteiger partial charge is 0.351 e. The van der Waals surface area contributed by atoms with Crippen LogP contribution < -0.4 is 10.6 Å². The number of aromatic nitrogens is 1. The minimum atomic E-state index is -0.805. The summed E-state index contributed by atoms with van der Waals surface area (Å²) in [7, 11) is 0. The second-order valence-electron chi connectivity index (χ2n) is 2.40. The maximum absolute atomic E-state index is 11.0. The van der Waals surface area contributed by atoms with E-state index in [1.807, 2.05) is 0 Å². The Morgan fingerprint density at radius 3 is 2.62 bits per heavy atom. The summed E-state index contributed by atoms with van der Waals surface area (Å²) in [6.45, 7) is 1.26. The van der Waals surface area contributed by atoms with Crippen molar-refractivity contribution in [2.45, 2.75) is 6.92 Å². The predicted molar refractivity (Wildman–Crippen MR) is 47.0 cm³/mol. The number of primary amides is 1. The van der Waals surface area contributed by atoms with Gasteiger partial charge in [-0.2, -0.15) is 0 Å². The van der Waals surface area contributed by atoms with Crippen molar-refractivity contribution in [1.29, 1.82) is 0 Å². The molecule has 1 heterocycles. The minimum absolute atomic E-state index is 0.377. The first kappa shape index (κ1) is 9.18. The van der Waals surface area contributed by atoms with E-state index in [1.54, 1.807) is 18.3 Å². The van der Waals surface area contributed by atoms with Crippen molar-refractivity contribution in [1.82, 2.24) is 4.98 Å². The zero-order valence-corrected chi connectivity index (χ0v) is 7.10. The van der Waals surface area contributed by atoms with Crippen molar-refractivity contribution in [3.05, 3.63) is 24.5 Å². The van der Waals surface area contributed by atoms with Crippen molar-refractivity contribution < 1.29 is 9.59 Å². The van der Waals surface area contributed by atoms with E-state index in [2.05, 4.69) is 4.98 Å². The van der Waals surface area contributed by atoms with E-state index in [9.17, 15) is 9.59 Å². The molecule has 0 saturated carbocycles. The third-order valence-electron chi connectivity index (χ3n) is 1.44. The summed E-state index contributed by atoms with van der Waals surface area (Å²) in [6.07, 6.45) is 2.94. The molecule has 0 aliphatic heterocycles. The molecule has 13 heavy (non-hydrogen) atoms. The number of hydrogen-bond donors (Lipinski definition) is 1. The summed E-state index contributed by atoms with van der Waals surface area (Å²) < 4.78 is 0. The quantitative estimate of drug-likeness (QED) is 0.682. The highest BCUT2D eigenvalue weighted by atomic mass is 16.2. The highest BCUT2D eigenvalue weighted by molar-refractivity contribution is 6.12. The Hall–Kier alpha value is -1.91. The first-order valence-corrected chi connectivity index (χ1v) is 3.63. The molecule has 2 N–H and O–H groups in total. The number of nitrogens with two attached hydrogens (primary N) is 1. The number of carbonyl (C=O) groups is 2. The van der Waals surface area contributed by atoms with Crippen LogP contribution in [0.2, 0.25) is 0 Å². The molecule has 0 aliphatic carbocycles. The molecular weight excluding hydrogens is 170 g/mol. The number of rotatable bonds is 1. The standard InChI is InChI=1S/C8H9N3O2/c1-6(12)11(8(9)13)7-3-2-4-10-5-7/h2-5H,1H3,(H2,9,13). The van der Waals surface area contributed by atoms with Crippen LogP contribution in [0.15, 0.2) is 24.5 Å². The lowest BCUT2D eigenvalue weighted by Crippen LogP contribution is -2.39. The number of carbonyl (C=O) groups excluding carboxylic acids is 2. The highest BCUT2D eigenvalue weighted by Crippen LogP contribution is 2.10. The van der Waals surface area contributed by atoms with Crippen LogP contribution in [0.3, 0.4) is 0 Å². The Labute approximate surface area is 75.2 Å². The molecule has 68 valence electrons. The number of urea groups is 1. The van der Waals surface area contributed by atoms with Crippen LogP contribution in [0, 0.1) is 0 Å². The van der Waals surface area contributed by atoms with Crippen LogP contribution in [0.1, 0.15) is 6.92 Å². The van der Waals surface area contributed by atoms with Crippen molar-refractivity contribution in [3.8, 4) is 0 Å². The smallest absolute Gasteiger partial charge is 0.326 e. The Bertz CT molecular complexity index is 309. The Morgan fingerprint density at radius 2 is 2.23 bits per heavy atom. The lowest BCUT2D eigenvalue weighted by Gasteiger charge is -2.15. The molecule has 0 unspecified atom stereocenters. The molecule has 0 fully saturated rings. The van der Waals surface area contributed by atoms with E-state index >= 15 is 0 Å². The zero-order valence-electron chi connectivity index (χ0n) is 7.10. The molecule has 1 aromatic heterocycles. The van der Waals surface area contributed by atoms with Crippen LogP contribution in [-0.4, -0.2) is 16.9 Å². The average molecular weight is 179 g/mol. The fourth-order valence-electron chi connectivity index (χ4n) is 0.950. The number of nitrogens with zero attached hydrogens (tertiary/aromatic N) is 2. The monoisotopic (exact) mass is 179 g/mol. The first-order valence-electron chi connectivity index (χ1n) is 3.63. The molecule has 0 bridgehead atoms. The first-order chi connectivity index (χ1) is 6.13. The molecule has 1 aromatic rings. The van der Waals surface area contributed by atoms with Crippen molar-refractivity contribution in [3.63, 3.8) is 0 Å². The molecule has 0 radical (unpaired) electrons. The molecule has 0 saturated heterocycles. The fraction of sp³-hybridized carbons (Fsp3) is 0.125. The summed E-state index contributed by atoms with van der Waals surface area (Å²) >= 11 is 0. The van der Waals surface area contributed by atoms with Gasteiger partial charge in [-0.25, -0.2) is 9.69 Å². The average Bonchev–Trinajstić information content (AvgIpc) is 2.04. The van der Waals surface area contributed by atoms with Gasteiger partial charge in [-0.1, -0.05) is 0 Å². The van der Waals surface area contributed by atoms with Gasteiger partial charge >= 0.3 is 6.03 Å². The topological polar surface area (TPSA) is 76.3 Å². The van der Waals surface area contributed by atoms with Crippen molar-refractivity contribution in [2.75, 3.05) is 4.90 Å². The molecule has 5 heteroatoms.